The quantitative estimate of drug-likeness (QED) is 0.0764. The van der Waals surface area contributed by atoms with Crippen LogP contribution >= 0.6 is 0 Å². The maximum atomic E-state index is 11.0. The first-order chi connectivity index (χ1) is 22.4. The molecule has 0 radical (unpaired) electrons. The molecule has 0 bridgehead atoms. The SMILES string of the molecule is NC(=O)N(N)c1ccc(-c2ccc(N(N)C(N)=O)c(O)c2)cc1O.NC(=O)N(N)c1ccc(-c2ccc(N(N)C(N)=O)c(O)c2)cc1O. The van der Waals surface area contributed by atoms with Crippen molar-refractivity contribution < 1.29 is 39.6 Å². The smallest absolute Gasteiger partial charge is 0.333 e. The summed E-state index contributed by atoms with van der Waals surface area (Å²) < 4.78 is 0. The number of hydrazine groups is 4. The molecule has 4 aromatic carbocycles. The van der Waals surface area contributed by atoms with Gasteiger partial charge in [-0.15, -0.1) is 0 Å². The number of benzene rings is 4. The van der Waals surface area contributed by atoms with Gasteiger partial charge < -0.3 is 43.4 Å². The van der Waals surface area contributed by atoms with Gasteiger partial charge in [0.05, 0.1) is 0 Å². The first-order valence-corrected chi connectivity index (χ1v) is 13.1. The molecule has 4 aromatic rings. The second-order valence-corrected chi connectivity index (χ2v) is 9.65. The minimum absolute atomic E-state index is 0.0222. The molecule has 0 saturated carbocycles. The molecule has 20 nitrogen and oxygen atoms in total. The average Bonchev–Trinajstić information content (AvgIpc) is 3.03. The van der Waals surface area contributed by atoms with Gasteiger partial charge in [-0.2, -0.15) is 0 Å². The lowest BCUT2D eigenvalue weighted by Gasteiger charge is -2.17. The number of phenols is 4. The summed E-state index contributed by atoms with van der Waals surface area (Å²) in [5, 5.41) is 42.3. The molecule has 0 saturated heterocycles. The number of carbonyl (C=O) groups is 4. The van der Waals surface area contributed by atoms with Crippen molar-refractivity contribution in [3.8, 4) is 45.3 Å². The zero-order chi connectivity index (χ0) is 36.0. The summed E-state index contributed by atoms with van der Waals surface area (Å²) in [4.78, 5) is 44.1. The Bertz CT molecular complexity index is 1620. The van der Waals surface area contributed by atoms with Crippen molar-refractivity contribution in [3.63, 3.8) is 0 Å². The van der Waals surface area contributed by atoms with Crippen molar-refractivity contribution in [2.75, 3.05) is 20.0 Å². The van der Waals surface area contributed by atoms with Gasteiger partial charge in [-0.25, -0.2) is 62.6 Å². The largest absolute Gasteiger partial charge is 0.506 e. The number of anilines is 4. The van der Waals surface area contributed by atoms with E-state index in [0.717, 1.165) is 0 Å². The molecule has 4 rings (SSSR count). The van der Waals surface area contributed by atoms with Gasteiger partial charge in [0, 0.05) is 0 Å². The molecule has 0 atom stereocenters. The maximum Gasteiger partial charge on any atom is 0.333 e. The van der Waals surface area contributed by atoms with Crippen LogP contribution in [0.1, 0.15) is 0 Å². The van der Waals surface area contributed by atoms with E-state index in [1.807, 2.05) is 0 Å². The molecular formula is C28H32N12O8. The molecule has 0 unspecified atom stereocenters. The van der Waals surface area contributed by atoms with Crippen molar-refractivity contribution in [1.29, 1.82) is 0 Å². The Labute approximate surface area is 271 Å². The average molecular weight is 665 g/mol. The molecule has 0 aliphatic rings. The topological polar surface area (TPSA) is 370 Å². The fraction of sp³-hybridized carbons (Fsp3) is 0. The highest BCUT2D eigenvalue weighted by molar-refractivity contribution is 5.94. The minimum Gasteiger partial charge on any atom is -0.506 e. The Morgan fingerprint density at radius 2 is 0.542 bits per heavy atom. The normalized spacial score (nSPS) is 10.2. The third kappa shape index (κ3) is 7.79. The summed E-state index contributed by atoms with van der Waals surface area (Å²) in [5.74, 6) is 20.6. The summed E-state index contributed by atoms with van der Waals surface area (Å²) in [6.07, 6.45) is 0. The van der Waals surface area contributed by atoms with Gasteiger partial charge in [0.15, 0.2) is 0 Å². The number of nitrogens with two attached hydrogens (primary N) is 8. The second kappa shape index (κ2) is 14.4. The van der Waals surface area contributed by atoms with Gasteiger partial charge in [-0.05, 0) is 70.8 Å². The molecule has 0 heterocycles. The first kappa shape index (κ1) is 35.5. The van der Waals surface area contributed by atoms with Crippen LogP contribution in [0.5, 0.6) is 23.0 Å². The highest BCUT2D eigenvalue weighted by Crippen LogP contribution is 2.37. The van der Waals surface area contributed by atoms with Gasteiger partial charge in [0.1, 0.15) is 45.7 Å². The standard InChI is InChI=1S/2C14H16N6O4/c2*15-13(23)19(17)9-3-1-7(5-11(9)21)8-2-4-10(12(22)6-8)20(18)14(16)24/h2*1-6,21-22H,17-18H2,(H2,15,23)(H2,16,24). The number of rotatable bonds is 6. The van der Waals surface area contributed by atoms with E-state index in [1.165, 1.54) is 48.5 Å². The molecule has 0 aliphatic heterocycles. The molecule has 0 spiro atoms. The van der Waals surface area contributed by atoms with Crippen molar-refractivity contribution in [3.05, 3.63) is 72.8 Å². The van der Waals surface area contributed by atoms with E-state index in [2.05, 4.69) is 0 Å². The molecule has 0 aromatic heterocycles. The maximum absolute atomic E-state index is 11.0. The number of primary amides is 4. The van der Waals surface area contributed by atoms with Crippen molar-refractivity contribution in [1.82, 2.24) is 0 Å². The van der Waals surface area contributed by atoms with E-state index >= 15 is 0 Å². The zero-order valence-electron chi connectivity index (χ0n) is 24.8. The van der Waals surface area contributed by atoms with Crippen LogP contribution in [0.3, 0.4) is 0 Å². The number of carbonyl (C=O) groups excluding carboxylic acids is 4. The molecule has 8 amide bonds. The number of hydrogen-bond acceptors (Lipinski definition) is 12. The molecular weight excluding hydrogens is 632 g/mol. The third-order valence-electron chi connectivity index (χ3n) is 6.56. The number of phenolic OH excluding ortho intramolecular Hbond substituents is 4. The van der Waals surface area contributed by atoms with Crippen molar-refractivity contribution in [2.45, 2.75) is 0 Å². The summed E-state index contributed by atoms with van der Waals surface area (Å²) >= 11 is 0. The van der Waals surface area contributed by atoms with Gasteiger partial charge in [-0.3, -0.25) is 0 Å². The van der Waals surface area contributed by atoms with Crippen LogP contribution in [0, 0.1) is 0 Å². The lowest BCUT2D eigenvalue weighted by atomic mass is 10.0. The zero-order valence-corrected chi connectivity index (χ0v) is 24.8. The van der Waals surface area contributed by atoms with Gasteiger partial charge >= 0.3 is 24.1 Å². The van der Waals surface area contributed by atoms with E-state index in [9.17, 15) is 39.6 Å². The Hall–Kier alpha value is -7.00. The van der Waals surface area contributed by atoms with E-state index in [-0.39, 0.29) is 45.7 Å². The fourth-order valence-corrected chi connectivity index (χ4v) is 4.10. The van der Waals surface area contributed by atoms with Crippen molar-refractivity contribution >= 4 is 46.9 Å². The number of aromatic hydroxyl groups is 4. The summed E-state index contributed by atoms with van der Waals surface area (Å²) in [5.41, 5.74) is 22.3. The lowest BCUT2D eigenvalue weighted by Crippen LogP contribution is -2.41. The van der Waals surface area contributed by atoms with Gasteiger partial charge in [0.2, 0.25) is 0 Å². The molecule has 0 aliphatic carbocycles. The summed E-state index contributed by atoms with van der Waals surface area (Å²) in [6.45, 7) is 0. The van der Waals surface area contributed by atoms with Gasteiger partial charge in [-0.1, -0.05) is 24.3 Å². The van der Waals surface area contributed by atoms with E-state index in [4.69, 9.17) is 46.3 Å². The van der Waals surface area contributed by atoms with Gasteiger partial charge in [0.25, 0.3) is 0 Å². The Morgan fingerprint density at radius 1 is 0.375 bits per heavy atom. The number of nitrogens with zero attached hydrogens (tertiary/aromatic N) is 4. The first-order valence-electron chi connectivity index (χ1n) is 13.1. The van der Waals surface area contributed by atoms with E-state index < -0.39 is 24.1 Å². The predicted molar refractivity (Wildman–Crippen MR) is 175 cm³/mol. The number of hydrogen-bond donors (Lipinski definition) is 12. The summed E-state index contributed by atoms with van der Waals surface area (Å²) in [7, 11) is 0. The van der Waals surface area contributed by atoms with E-state index in [0.29, 0.717) is 42.3 Å². The highest BCUT2D eigenvalue weighted by atomic mass is 16.3. The summed E-state index contributed by atoms with van der Waals surface area (Å²) in [6, 6.07) is 13.4. The van der Waals surface area contributed by atoms with Crippen LogP contribution in [0.4, 0.5) is 41.9 Å². The number of amides is 8. The molecule has 0 fully saturated rings. The third-order valence-corrected chi connectivity index (χ3v) is 6.56. The van der Waals surface area contributed by atoms with Crippen LogP contribution in [0.15, 0.2) is 72.8 Å². The van der Waals surface area contributed by atoms with Crippen LogP contribution in [-0.4, -0.2) is 44.6 Å². The predicted octanol–water partition coefficient (Wildman–Crippen LogP) is 0.565. The fourth-order valence-electron chi connectivity index (χ4n) is 4.10. The highest BCUT2D eigenvalue weighted by Gasteiger charge is 2.17. The molecule has 48 heavy (non-hydrogen) atoms. The van der Waals surface area contributed by atoms with Crippen LogP contribution in [-0.2, 0) is 0 Å². The Balaban J connectivity index is 0.000000260. The molecule has 252 valence electrons. The molecule has 20 heteroatoms. The van der Waals surface area contributed by atoms with Crippen LogP contribution in [0.2, 0.25) is 0 Å². The molecule has 20 N–H and O–H groups in total. The van der Waals surface area contributed by atoms with E-state index in [1.54, 1.807) is 24.3 Å². The Morgan fingerprint density at radius 3 is 0.667 bits per heavy atom. The van der Waals surface area contributed by atoms with Crippen molar-refractivity contribution in [2.24, 2.45) is 46.3 Å². The second-order valence-electron chi connectivity index (χ2n) is 9.65. The number of urea groups is 4. The Kier molecular flexibility index (Phi) is 10.6. The van der Waals surface area contributed by atoms with Crippen LogP contribution < -0.4 is 66.3 Å². The van der Waals surface area contributed by atoms with Crippen LogP contribution in [0.25, 0.3) is 22.3 Å². The monoisotopic (exact) mass is 664 g/mol. The minimum atomic E-state index is -0.936. The lowest BCUT2D eigenvalue weighted by molar-refractivity contribution is 0.253.